The Labute approximate surface area is 122 Å². The number of likely N-dealkylation sites (tertiary alicyclic amines) is 1. The average molecular weight is 278 g/mol. The summed E-state index contributed by atoms with van der Waals surface area (Å²) in [5.74, 6) is 0.274. The summed E-state index contributed by atoms with van der Waals surface area (Å²) in [5.41, 5.74) is -0.408. The molecule has 20 heavy (non-hydrogen) atoms. The quantitative estimate of drug-likeness (QED) is 0.770. The van der Waals surface area contributed by atoms with Gasteiger partial charge in [0.15, 0.2) is 0 Å². The van der Waals surface area contributed by atoms with E-state index in [0.717, 1.165) is 52.1 Å². The number of nitrogens with zero attached hydrogens (tertiary/aromatic N) is 4. The van der Waals surface area contributed by atoms with Crippen LogP contribution < -0.4 is 0 Å². The van der Waals surface area contributed by atoms with Crippen LogP contribution >= 0.6 is 0 Å². The van der Waals surface area contributed by atoms with Crippen molar-refractivity contribution in [3.8, 4) is 6.07 Å². The Kier molecular flexibility index (Phi) is 4.66. The lowest BCUT2D eigenvalue weighted by Crippen LogP contribution is -2.58. The van der Waals surface area contributed by atoms with E-state index in [1.54, 1.807) is 0 Å². The summed E-state index contributed by atoms with van der Waals surface area (Å²) in [6.07, 6.45) is 2.28. The second kappa shape index (κ2) is 6.11. The van der Waals surface area contributed by atoms with Crippen molar-refractivity contribution in [1.82, 2.24) is 14.7 Å². The highest BCUT2D eigenvalue weighted by atomic mass is 16.2. The molecule has 2 aliphatic rings. The number of piperazine rings is 1. The first kappa shape index (κ1) is 15.3. The fourth-order valence-electron chi connectivity index (χ4n) is 3.10. The van der Waals surface area contributed by atoms with E-state index in [1.807, 2.05) is 25.7 Å². The van der Waals surface area contributed by atoms with E-state index in [9.17, 15) is 10.1 Å². The lowest BCUT2D eigenvalue weighted by atomic mass is 10.0. The van der Waals surface area contributed by atoms with Gasteiger partial charge in [0.2, 0.25) is 5.91 Å². The van der Waals surface area contributed by atoms with Gasteiger partial charge >= 0.3 is 0 Å². The highest BCUT2D eigenvalue weighted by Crippen LogP contribution is 2.18. The van der Waals surface area contributed by atoms with Crippen molar-refractivity contribution < 1.29 is 4.79 Å². The number of carbonyl (C=O) groups excluding carboxylic acids is 1. The van der Waals surface area contributed by atoms with Crippen LogP contribution in [0, 0.1) is 11.3 Å². The van der Waals surface area contributed by atoms with Crippen LogP contribution in [0.5, 0.6) is 0 Å². The molecule has 5 nitrogen and oxygen atoms in total. The van der Waals surface area contributed by atoms with Crippen molar-refractivity contribution in [2.75, 3.05) is 39.3 Å². The van der Waals surface area contributed by atoms with Crippen molar-refractivity contribution in [2.45, 2.75) is 45.2 Å². The molecular weight excluding hydrogens is 252 g/mol. The fraction of sp³-hybridized carbons (Fsp3) is 0.867. The number of hydrogen-bond acceptors (Lipinski definition) is 4. The third-order valence-corrected chi connectivity index (χ3v) is 4.70. The zero-order valence-electron chi connectivity index (χ0n) is 12.9. The summed E-state index contributed by atoms with van der Waals surface area (Å²) in [7, 11) is 0. The molecule has 2 aliphatic heterocycles. The molecule has 1 atom stereocenters. The first-order valence-corrected chi connectivity index (χ1v) is 7.65. The van der Waals surface area contributed by atoms with Gasteiger partial charge in [-0.15, -0.1) is 0 Å². The zero-order valence-corrected chi connectivity index (χ0v) is 12.9. The first-order chi connectivity index (χ1) is 9.45. The van der Waals surface area contributed by atoms with Gasteiger partial charge in [0, 0.05) is 39.3 Å². The van der Waals surface area contributed by atoms with E-state index in [-0.39, 0.29) is 11.9 Å². The number of rotatable bonds is 3. The Hall–Kier alpha value is -1.12. The molecule has 0 aromatic carbocycles. The third kappa shape index (κ3) is 3.13. The smallest absolute Gasteiger partial charge is 0.239 e. The van der Waals surface area contributed by atoms with Gasteiger partial charge in [0.25, 0.3) is 0 Å². The highest BCUT2D eigenvalue weighted by Gasteiger charge is 2.34. The molecular formula is C15H26N4O. The molecule has 0 aliphatic carbocycles. The minimum Gasteiger partial charge on any atom is -0.341 e. The van der Waals surface area contributed by atoms with Crippen molar-refractivity contribution in [3.05, 3.63) is 0 Å². The van der Waals surface area contributed by atoms with Gasteiger partial charge in [-0.25, -0.2) is 0 Å². The average Bonchev–Trinajstić information content (AvgIpc) is 3.00. The van der Waals surface area contributed by atoms with Gasteiger partial charge in [-0.05, 0) is 33.6 Å². The highest BCUT2D eigenvalue weighted by molar-refractivity contribution is 5.81. The molecule has 2 rings (SSSR count). The molecule has 0 N–H and O–H groups in total. The van der Waals surface area contributed by atoms with E-state index in [2.05, 4.69) is 15.9 Å². The van der Waals surface area contributed by atoms with Crippen LogP contribution in [0.25, 0.3) is 0 Å². The van der Waals surface area contributed by atoms with Crippen LogP contribution in [0.4, 0.5) is 0 Å². The molecule has 0 saturated carbocycles. The van der Waals surface area contributed by atoms with Crippen molar-refractivity contribution in [3.63, 3.8) is 0 Å². The topological polar surface area (TPSA) is 50.6 Å². The summed E-state index contributed by atoms with van der Waals surface area (Å²) >= 11 is 0. The normalized spacial score (nSPS) is 23.6. The van der Waals surface area contributed by atoms with Gasteiger partial charge in [0.1, 0.15) is 5.54 Å². The molecule has 2 saturated heterocycles. The molecule has 0 aromatic heterocycles. The Bertz CT molecular complexity index is 387. The van der Waals surface area contributed by atoms with Crippen LogP contribution in [0.2, 0.25) is 0 Å². The summed E-state index contributed by atoms with van der Waals surface area (Å²) in [6, 6.07) is 2.33. The van der Waals surface area contributed by atoms with Gasteiger partial charge < -0.3 is 4.90 Å². The lowest BCUT2D eigenvalue weighted by Gasteiger charge is -2.42. The molecule has 0 radical (unpaired) electrons. The predicted molar refractivity (Wildman–Crippen MR) is 78.1 cm³/mol. The maximum absolute atomic E-state index is 12.4. The molecule has 112 valence electrons. The van der Waals surface area contributed by atoms with Gasteiger partial charge in [-0.1, -0.05) is 0 Å². The molecule has 2 heterocycles. The van der Waals surface area contributed by atoms with Gasteiger partial charge in [-0.2, -0.15) is 5.26 Å². The maximum atomic E-state index is 12.4. The summed E-state index contributed by atoms with van der Waals surface area (Å²) in [5, 5.41) is 9.19. The molecule has 1 unspecified atom stereocenters. The van der Waals surface area contributed by atoms with E-state index in [0.29, 0.717) is 0 Å². The van der Waals surface area contributed by atoms with Crippen LogP contribution in [0.1, 0.15) is 33.6 Å². The number of hydrogen-bond donors (Lipinski definition) is 0. The van der Waals surface area contributed by atoms with E-state index in [4.69, 9.17) is 0 Å². The second-order valence-corrected chi connectivity index (χ2v) is 6.40. The molecule has 0 aromatic rings. The maximum Gasteiger partial charge on any atom is 0.239 e. The Morgan fingerprint density at radius 2 is 1.65 bits per heavy atom. The molecule has 5 heteroatoms. The van der Waals surface area contributed by atoms with Crippen LogP contribution in [-0.4, -0.2) is 71.5 Å². The predicted octanol–water partition coefficient (Wildman–Crippen LogP) is 0.917. The molecule has 0 spiro atoms. The SMILES string of the molecule is CC(C(=O)N1CCCC1)N1CCN(C(C)(C)C#N)CC1. The van der Waals surface area contributed by atoms with E-state index >= 15 is 0 Å². The van der Waals surface area contributed by atoms with Gasteiger partial charge in [0.05, 0.1) is 12.1 Å². The van der Waals surface area contributed by atoms with Crippen molar-refractivity contribution >= 4 is 5.91 Å². The number of carbonyl (C=O) groups is 1. The van der Waals surface area contributed by atoms with Crippen molar-refractivity contribution in [2.24, 2.45) is 0 Å². The first-order valence-electron chi connectivity index (χ1n) is 7.65. The van der Waals surface area contributed by atoms with E-state index in [1.165, 1.54) is 0 Å². The third-order valence-electron chi connectivity index (χ3n) is 4.70. The zero-order chi connectivity index (χ0) is 14.8. The standard InChI is InChI=1S/C15H26N4O/c1-13(14(20)18-6-4-5-7-18)17-8-10-19(11-9-17)15(2,3)12-16/h13H,4-11H2,1-3H3. The largest absolute Gasteiger partial charge is 0.341 e. The summed E-state index contributed by atoms with van der Waals surface area (Å²) in [4.78, 5) is 18.9. The van der Waals surface area contributed by atoms with Crippen LogP contribution in [-0.2, 0) is 4.79 Å². The minimum absolute atomic E-state index is 0.0274. The lowest BCUT2D eigenvalue weighted by molar-refractivity contribution is -0.136. The van der Waals surface area contributed by atoms with Gasteiger partial charge in [-0.3, -0.25) is 14.6 Å². The number of nitriles is 1. The van der Waals surface area contributed by atoms with Crippen LogP contribution in [0.15, 0.2) is 0 Å². The van der Waals surface area contributed by atoms with Crippen LogP contribution in [0.3, 0.4) is 0 Å². The van der Waals surface area contributed by atoms with Crippen molar-refractivity contribution in [1.29, 1.82) is 5.26 Å². The molecule has 2 fully saturated rings. The Morgan fingerprint density at radius 3 is 2.15 bits per heavy atom. The molecule has 0 bridgehead atoms. The summed E-state index contributed by atoms with van der Waals surface area (Å²) < 4.78 is 0. The second-order valence-electron chi connectivity index (χ2n) is 6.40. The number of amides is 1. The molecule has 1 amide bonds. The Morgan fingerprint density at radius 1 is 1.10 bits per heavy atom. The monoisotopic (exact) mass is 278 g/mol. The minimum atomic E-state index is -0.408. The fourth-order valence-corrected chi connectivity index (χ4v) is 3.10. The Balaban J connectivity index is 1.87. The van der Waals surface area contributed by atoms with E-state index < -0.39 is 5.54 Å². The summed E-state index contributed by atoms with van der Waals surface area (Å²) in [6.45, 7) is 11.2.